The third kappa shape index (κ3) is 3.47. The van der Waals surface area contributed by atoms with Crippen molar-refractivity contribution in [1.82, 2.24) is 15.2 Å². The first kappa shape index (κ1) is 20.0. The number of benzene rings is 1. The highest BCUT2D eigenvalue weighted by Crippen LogP contribution is 2.80. The molecule has 2 N–H and O–H groups in total. The molecule has 2 aliphatic rings. The van der Waals surface area contributed by atoms with Gasteiger partial charge in [0.25, 0.3) is 5.91 Å². The molecule has 3 aromatic rings. The molecule has 7 nitrogen and oxygen atoms in total. The predicted molar refractivity (Wildman–Crippen MR) is 114 cm³/mol. The van der Waals surface area contributed by atoms with Gasteiger partial charge in [-0.2, -0.15) is 0 Å². The van der Waals surface area contributed by atoms with Gasteiger partial charge in [0.05, 0.1) is 23.8 Å². The molecule has 2 fully saturated rings. The highest BCUT2D eigenvalue weighted by Gasteiger charge is 2.82. The number of methoxy groups -OCH3 is 1. The highest BCUT2D eigenvalue weighted by atomic mass is 32.1. The summed E-state index contributed by atoms with van der Waals surface area (Å²) in [4.78, 5) is 17.2. The molecule has 31 heavy (non-hydrogen) atoms. The van der Waals surface area contributed by atoms with Gasteiger partial charge < -0.3 is 9.84 Å². The van der Waals surface area contributed by atoms with Crippen LogP contribution in [0.1, 0.15) is 40.3 Å². The van der Waals surface area contributed by atoms with E-state index in [1.165, 1.54) is 30.7 Å². The Kier molecular flexibility index (Phi) is 4.56. The summed E-state index contributed by atoms with van der Waals surface area (Å²) in [7, 11) is 1.46. The fourth-order valence-electron chi connectivity index (χ4n) is 4.19. The summed E-state index contributed by atoms with van der Waals surface area (Å²) in [5.74, 6) is -0.609. The van der Waals surface area contributed by atoms with E-state index in [9.17, 15) is 14.3 Å². The van der Waals surface area contributed by atoms with Gasteiger partial charge >= 0.3 is 0 Å². The van der Waals surface area contributed by atoms with Crippen molar-refractivity contribution in [2.45, 2.75) is 38.2 Å². The van der Waals surface area contributed by atoms with Crippen LogP contribution in [-0.4, -0.2) is 38.9 Å². The minimum atomic E-state index is -0.489. The van der Waals surface area contributed by atoms with Crippen LogP contribution in [0.2, 0.25) is 0 Å². The highest BCUT2D eigenvalue weighted by molar-refractivity contribution is 7.15. The summed E-state index contributed by atoms with van der Waals surface area (Å²) in [6.07, 6.45) is 4.79. The Morgan fingerprint density at radius 3 is 2.84 bits per heavy atom. The van der Waals surface area contributed by atoms with E-state index >= 15 is 0 Å². The number of nitrogens with one attached hydrogen (secondary N) is 1. The van der Waals surface area contributed by atoms with Crippen molar-refractivity contribution in [3.05, 3.63) is 52.5 Å². The second-order valence-corrected chi connectivity index (χ2v) is 9.37. The number of fused-ring (bicyclic) bond motifs is 1. The molecule has 0 spiro atoms. The number of ether oxygens (including phenoxy) is 1. The van der Waals surface area contributed by atoms with E-state index in [-0.39, 0.29) is 16.5 Å². The average Bonchev–Trinajstić information content (AvgIpc) is 3.39. The van der Waals surface area contributed by atoms with Gasteiger partial charge in [0, 0.05) is 29.3 Å². The molecule has 5 rings (SSSR count). The van der Waals surface area contributed by atoms with E-state index in [0.717, 1.165) is 30.7 Å². The molecule has 1 aromatic carbocycles. The number of aryl methyl sites for hydroxylation is 2. The van der Waals surface area contributed by atoms with Crippen LogP contribution in [0.5, 0.6) is 5.75 Å². The van der Waals surface area contributed by atoms with Crippen molar-refractivity contribution in [2.24, 2.45) is 5.41 Å². The lowest BCUT2D eigenvalue weighted by atomic mass is 9.98. The van der Waals surface area contributed by atoms with Gasteiger partial charge in [-0.15, -0.1) is 10.2 Å². The van der Waals surface area contributed by atoms with E-state index < -0.39 is 17.3 Å². The summed E-state index contributed by atoms with van der Waals surface area (Å²) >= 11 is 1.30. The Hall–Kier alpha value is -2.91. The average molecular weight is 441 g/mol. The smallest absolute Gasteiger partial charge is 0.259 e. The first-order valence-electron chi connectivity index (χ1n) is 10.00. The fraction of sp³-hybridized carbons (Fsp3) is 0.364. The minimum Gasteiger partial charge on any atom is -0.496 e. The zero-order chi connectivity index (χ0) is 21.8. The molecule has 0 bridgehead atoms. The molecule has 2 aliphatic carbocycles. The molecule has 0 atom stereocenters. The van der Waals surface area contributed by atoms with Crippen molar-refractivity contribution >= 4 is 22.4 Å². The second kappa shape index (κ2) is 7.06. The molecular weight excluding hydrogens is 419 g/mol. The zero-order valence-corrected chi connectivity index (χ0v) is 17.9. The molecular formula is C22H21FN4O3S. The number of carbonyl (C=O) groups is 1. The number of carbonyl (C=O) groups excluding carboxylic acids is 1. The molecule has 0 radical (unpaired) electrons. The summed E-state index contributed by atoms with van der Waals surface area (Å²) in [5.41, 5.74) is 1.14. The van der Waals surface area contributed by atoms with Gasteiger partial charge in [0.1, 0.15) is 16.6 Å². The zero-order valence-electron chi connectivity index (χ0n) is 17.1. The third-order valence-corrected chi connectivity index (χ3v) is 7.15. The second-order valence-electron chi connectivity index (χ2n) is 8.31. The van der Waals surface area contributed by atoms with Gasteiger partial charge in [0.15, 0.2) is 0 Å². The lowest BCUT2D eigenvalue weighted by Crippen LogP contribution is -2.14. The molecule has 2 saturated carbocycles. The lowest BCUT2D eigenvalue weighted by molar-refractivity contribution is 0.102. The van der Waals surface area contributed by atoms with Gasteiger partial charge in [-0.05, 0) is 44.4 Å². The maximum atomic E-state index is 14.7. The fourth-order valence-corrected chi connectivity index (χ4v) is 4.92. The molecule has 2 aromatic heterocycles. The first-order chi connectivity index (χ1) is 14.8. The quantitative estimate of drug-likeness (QED) is 0.581. The summed E-state index contributed by atoms with van der Waals surface area (Å²) in [6.45, 7) is 1.77. The number of hydrogen-bond acceptors (Lipinski definition) is 7. The number of nitrogens with zero attached hydrogens (tertiary/aromatic N) is 3. The molecule has 160 valence electrons. The Morgan fingerprint density at radius 2 is 2.13 bits per heavy atom. The van der Waals surface area contributed by atoms with E-state index in [4.69, 9.17) is 4.74 Å². The number of aromatic nitrogens is 3. The van der Waals surface area contributed by atoms with Gasteiger partial charge in [-0.25, -0.2) is 4.39 Å². The van der Waals surface area contributed by atoms with Crippen LogP contribution in [0, 0.1) is 18.2 Å². The number of halogens is 1. The van der Waals surface area contributed by atoms with Crippen LogP contribution in [0.4, 0.5) is 9.52 Å². The maximum Gasteiger partial charge on any atom is 0.259 e. The summed E-state index contributed by atoms with van der Waals surface area (Å²) in [6, 6.07) is 6.19. The van der Waals surface area contributed by atoms with Gasteiger partial charge in [-0.1, -0.05) is 17.4 Å². The summed E-state index contributed by atoms with van der Waals surface area (Å²) in [5, 5.41) is 22.1. The largest absolute Gasteiger partial charge is 0.496 e. The van der Waals surface area contributed by atoms with Crippen LogP contribution in [0.25, 0.3) is 11.1 Å². The van der Waals surface area contributed by atoms with Gasteiger partial charge in [0.2, 0.25) is 5.13 Å². The van der Waals surface area contributed by atoms with Crippen molar-refractivity contribution in [3.8, 4) is 16.9 Å². The molecule has 0 saturated heterocycles. The SMILES string of the molecule is COc1cccc(F)c1-c1cc(C)ncc1C(=O)Nc1nnc(CCC23CC2(O)C3)s1. The van der Waals surface area contributed by atoms with Crippen LogP contribution in [-0.2, 0) is 6.42 Å². The molecule has 9 heteroatoms. The van der Waals surface area contributed by atoms with Crippen molar-refractivity contribution in [3.63, 3.8) is 0 Å². The van der Waals surface area contributed by atoms with Crippen LogP contribution in [0.15, 0.2) is 30.5 Å². The van der Waals surface area contributed by atoms with Crippen LogP contribution >= 0.6 is 11.3 Å². The Bertz CT molecular complexity index is 1190. The number of aliphatic hydroxyl groups is 1. The summed E-state index contributed by atoms with van der Waals surface area (Å²) < 4.78 is 20.0. The molecule has 0 unspecified atom stereocenters. The standard InChI is InChI=1S/C22H21FN4O3S/c1-12-8-13(18-15(23)4-3-5-16(18)30-2)14(9-24-12)19(28)25-20-27-26-17(31-20)6-7-21-10-22(21,29)11-21/h3-5,8-9,29H,6-7,10-11H2,1-2H3,(H,25,27,28). The Balaban J connectivity index is 1.37. The lowest BCUT2D eigenvalue weighted by Gasteiger charge is -2.14. The van der Waals surface area contributed by atoms with Crippen molar-refractivity contribution < 1.29 is 19.0 Å². The van der Waals surface area contributed by atoms with Crippen molar-refractivity contribution in [2.75, 3.05) is 12.4 Å². The number of rotatable bonds is 7. The minimum absolute atomic E-state index is 0.101. The first-order valence-corrected chi connectivity index (χ1v) is 10.8. The van der Waals surface area contributed by atoms with Crippen LogP contribution < -0.4 is 10.1 Å². The number of amides is 1. The normalized spacial score (nSPS) is 23.2. The van der Waals surface area contributed by atoms with Crippen LogP contribution in [0.3, 0.4) is 0 Å². The Labute approximate surface area is 182 Å². The number of pyridine rings is 1. The third-order valence-electron chi connectivity index (χ3n) is 6.25. The van der Waals surface area contributed by atoms with Crippen molar-refractivity contribution in [1.29, 1.82) is 0 Å². The maximum absolute atomic E-state index is 14.7. The van der Waals surface area contributed by atoms with E-state index in [1.54, 1.807) is 25.1 Å². The number of hydrogen-bond donors (Lipinski definition) is 2. The Morgan fingerprint density at radius 1 is 1.35 bits per heavy atom. The predicted octanol–water partition coefficient (Wildman–Crippen LogP) is 3.77. The van der Waals surface area contributed by atoms with E-state index in [1.807, 2.05) is 0 Å². The van der Waals surface area contributed by atoms with Gasteiger partial charge in [-0.3, -0.25) is 15.1 Å². The number of anilines is 1. The van der Waals surface area contributed by atoms with E-state index in [2.05, 4.69) is 20.5 Å². The van der Waals surface area contributed by atoms with E-state index in [0.29, 0.717) is 22.1 Å². The molecule has 1 amide bonds. The molecule has 2 heterocycles. The topological polar surface area (TPSA) is 97.2 Å². The monoisotopic (exact) mass is 440 g/mol. The molecule has 0 aliphatic heterocycles.